The summed E-state index contributed by atoms with van der Waals surface area (Å²) in [5, 5.41) is 0.552. The molecule has 0 aliphatic rings. The van der Waals surface area contributed by atoms with Crippen LogP contribution in [0.3, 0.4) is 0 Å². The van der Waals surface area contributed by atoms with Crippen molar-refractivity contribution in [3.63, 3.8) is 0 Å². The summed E-state index contributed by atoms with van der Waals surface area (Å²) in [6.07, 6.45) is 3.97. The lowest BCUT2D eigenvalue weighted by molar-refractivity contribution is 0.363. The predicted molar refractivity (Wildman–Crippen MR) is 114 cm³/mol. The molecule has 0 aliphatic heterocycles. The fraction of sp³-hybridized carbons (Fsp3) is 0.0800. The van der Waals surface area contributed by atoms with Gasteiger partial charge in [0.15, 0.2) is 0 Å². The van der Waals surface area contributed by atoms with E-state index in [0.717, 1.165) is 11.1 Å². The molecule has 3 aromatic carbocycles. The van der Waals surface area contributed by atoms with E-state index in [2.05, 4.69) is 0 Å². The zero-order chi connectivity index (χ0) is 19.3. The molecule has 0 atom stereocenters. The van der Waals surface area contributed by atoms with Crippen LogP contribution in [0.5, 0.6) is 5.75 Å². The minimum atomic E-state index is -0.0273. The second kappa shape index (κ2) is 7.97. The van der Waals surface area contributed by atoms with Crippen molar-refractivity contribution in [1.29, 1.82) is 0 Å². The topological polar surface area (TPSA) is 39.4 Å². The first-order valence-corrected chi connectivity index (χ1v) is 9.19. The van der Waals surface area contributed by atoms with Crippen LogP contribution < -0.4 is 10.2 Å². The number of aryl methyl sites for hydroxylation is 1. The van der Waals surface area contributed by atoms with Crippen LogP contribution >= 0.6 is 0 Å². The van der Waals surface area contributed by atoms with E-state index in [9.17, 15) is 4.79 Å². The molecule has 0 unspecified atom stereocenters. The van der Waals surface area contributed by atoms with Crippen LogP contribution in [0.1, 0.15) is 11.3 Å². The fourth-order valence-electron chi connectivity index (χ4n) is 3.21. The highest BCUT2D eigenvalue weighted by atomic mass is 16.5. The molecule has 0 bridgehead atoms. The minimum absolute atomic E-state index is 0.0273. The first kappa shape index (κ1) is 17.8. The number of rotatable bonds is 5. The Kier molecular flexibility index (Phi) is 5.07. The summed E-state index contributed by atoms with van der Waals surface area (Å²) in [7, 11) is 0. The van der Waals surface area contributed by atoms with Gasteiger partial charge in [-0.1, -0.05) is 66.7 Å². The van der Waals surface area contributed by atoms with E-state index >= 15 is 0 Å². The molecule has 3 nitrogen and oxygen atoms in total. The molecule has 138 valence electrons. The molecule has 3 heteroatoms. The van der Waals surface area contributed by atoms with Crippen molar-refractivity contribution >= 4 is 17.0 Å². The maximum Gasteiger partial charge on any atom is 0.200 e. The van der Waals surface area contributed by atoms with Gasteiger partial charge in [0.05, 0.1) is 10.9 Å². The number of hydrogen-bond donors (Lipinski definition) is 0. The van der Waals surface area contributed by atoms with E-state index in [1.165, 1.54) is 0 Å². The third-order valence-electron chi connectivity index (χ3n) is 4.56. The average Bonchev–Trinajstić information content (AvgIpc) is 2.72. The Morgan fingerprint density at radius 2 is 1.64 bits per heavy atom. The van der Waals surface area contributed by atoms with Gasteiger partial charge in [0.1, 0.15) is 23.7 Å². The summed E-state index contributed by atoms with van der Waals surface area (Å²) in [6.45, 7) is 2.25. The van der Waals surface area contributed by atoms with Gasteiger partial charge in [0.25, 0.3) is 0 Å². The Morgan fingerprint density at radius 3 is 2.39 bits per heavy atom. The van der Waals surface area contributed by atoms with Crippen LogP contribution in [-0.4, -0.2) is 6.61 Å². The highest BCUT2D eigenvalue weighted by Crippen LogP contribution is 2.26. The largest absolute Gasteiger partial charge is 0.489 e. The Hall–Kier alpha value is -3.59. The summed E-state index contributed by atoms with van der Waals surface area (Å²) >= 11 is 0. The molecule has 0 saturated heterocycles. The molecule has 4 aromatic rings. The van der Waals surface area contributed by atoms with E-state index < -0.39 is 0 Å². The van der Waals surface area contributed by atoms with Crippen LogP contribution in [0.4, 0.5) is 0 Å². The summed E-state index contributed by atoms with van der Waals surface area (Å²) in [5.74, 6) is 1.27. The molecule has 0 amide bonds. The molecule has 0 N–H and O–H groups in total. The zero-order valence-electron chi connectivity index (χ0n) is 15.6. The second-order valence-corrected chi connectivity index (χ2v) is 6.51. The Labute approximate surface area is 163 Å². The summed E-state index contributed by atoms with van der Waals surface area (Å²) in [4.78, 5) is 13.0. The maximum absolute atomic E-state index is 13.0. The van der Waals surface area contributed by atoms with Crippen LogP contribution in [0, 0.1) is 6.92 Å². The lowest BCUT2D eigenvalue weighted by atomic mass is 10.0. The maximum atomic E-state index is 13.0. The quantitative estimate of drug-likeness (QED) is 0.443. The SMILES string of the molecule is Cc1oc2cc(OCC=Cc3ccccc3)ccc2c(=O)c1-c1ccccc1. The highest BCUT2D eigenvalue weighted by molar-refractivity contribution is 5.83. The van der Waals surface area contributed by atoms with E-state index in [0.29, 0.717) is 34.6 Å². The normalized spacial score (nSPS) is 11.2. The van der Waals surface area contributed by atoms with Crippen LogP contribution in [0.25, 0.3) is 28.2 Å². The van der Waals surface area contributed by atoms with Crippen molar-refractivity contribution in [3.05, 3.63) is 106 Å². The molecular weight excluding hydrogens is 348 g/mol. The van der Waals surface area contributed by atoms with Gasteiger partial charge < -0.3 is 9.15 Å². The number of hydrogen-bond acceptors (Lipinski definition) is 3. The van der Waals surface area contributed by atoms with E-state index in [1.807, 2.05) is 79.7 Å². The summed E-state index contributed by atoms with van der Waals surface area (Å²) in [6, 6.07) is 25.0. The molecule has 0 spiro atoms. The van der Waals surface area contributed by atoms with Gasteiger partial charge >= 0.3 is 0 Å². The molecule has 0 saturated carbocycles. The van der Waals surface area contributed by atoms with E-state index in [-0.39, 0.29) is 5.43 Å². The summed E-state index contributed by atoms with van der Waals surface area (Å²) in [5.41, 5.74) is 3.10. The molecular formula is C25H20O3. The molecule has 0 aliphatic carbocycles. The lowest BCUT2D eigenvalue weighted by Gasteiger charge is -2.09. The first-order valence-electron chi connectivity index (χ1n) is 9.19. The second-order valence-electron chi connectivity index (χ2n) is 6.51. The third kappa shape index (κ3) is 3.74. The van der Waals surface area contributed by atoms with Gasteiger partial charge in [-0.2, -0.15) is 0 Å². The van der Waals surface area contributed by atoms with Crippen molar-refractivity contribution < 1.29 is 9.15 Å². The van der Waals surface area contributed by atoms with Crippen molar-refractivity contribution in [2.24, 2.45) is 0 Å². The van der Waals surface area contributed by atoms with Crippen molar-refractivity contribution in [1.82, 2.24) is 0 Å². The standard InChI is InChI=1S/C25H20O3/c1-18-24(20-12-6-3-7-13-20)25(26)22-15-14-21(17-23(22)28-18)27-16-8-11-19-9-4-2-5-10-19/h2-15,17H,16H2,1H3. The molecule has 0 radical (unpaired) electrons. The Morgan fingerprint density at radius 1 is 0.929 bits per heavy atom. The average molecular weight is 368 g/mol. The lowest BCUT2D eigenvalue weighted by Crippen LogP contribution is -2.07. The number of benzene rings is 3. The molecule has 28 heavy (non-hydrogen) atoms. The van der Waals surface area contributed by atoms with Gasteiger partial charge in [-0.3, -0.25) is 4.79 Å². The molecule has 0 fully saturated rings. The van der Waals surface area contributed by atoms with Crippen LogP contribution in [0.15, 0.2) is 94.2 Å². The predicted octanol–water partition coefficient (Wildman–Crippen LogP) is 5.86. The first-order chi connectivity index (χ1) is 13.7. The van der Waals surface area contributed by atoms with E-state index in [4.69, 9.17) is 9.15 Å². The highest BCUT2D eigenvalue weighted by Gasteiger charge is 2.13. The minimum Gasteiger partial charge on any atom is -0.489 e. The van der Waals surface area contributed by atoms with Crippen molar-refractivity contribution in [2.45, 2.75) is 6.92 Å². The van der Waals surface area contributed by atoms with Gasteiger partial charge in [-0.15, -0.1) is 0 Å². The van der Waals surface area contributed by atoms with Gasteiger partial charge in [-0.25, -0.2) is 0 Å². The third-order valence-corrected chi connectivity index (χ3v) is 4.56. The Balaban J connectivity index is 1.58. The fourth-order valence-corrected chi connectivity index (χ4v) is 3.21. The monoisotopic (exact) mass is 368 g/mol. The van der Waals surface area contributed by atoms with Gasteiger partial charge in [-0.05, 0) is 36.3 Å². The van der Waals surface area contributed by atoms with Crippen molar-refractivity contribution in [2.75, 3.05) is 6.61 Å². The smallest absolute Gasteiger partial charge is 0.200 e. The van der Waals surface area contributed by atoms with Gasteiger partial charge in [0, 0.05) is 6.07 Å². The molecule has 1 heterocycles. The zero-order valence-corrected chi connectivity index (χ0v) is 15.6. The van der Waals surface area contributed by atoms with Crippen LogP contribution in [0.2, 0.25) is 0 Å². The molecule has 1 aromatic heterocycles. The number of fused-ring (bicyclic) bond motifs is 1. The molecule has 4 rings (SSSR count). The Bertz CT molecular complexity index is 1170. The van der Waals surface area contributed by atoms with Crippen molar-refractivity contribution in [3.8, 4) is 16.9 Å². The van der Waals surface area contributed by atoms with Gasteiger partial charge in [0.2, 0.25) is 5.43 Å². The number of ether oxygens (including phenoxy) is 1. The van der Waals surface area contributed by atoms with Crippen LogP contribution in [-0.2, 0) is 0 Å². The van der Waals surface area contributed by atoms with E-state index in [1.54, 1.807) is 18.2 Å². The summed E-state index contributed by atoms with van der Waals surface area (Å²) < 4.78 is 11.7.